The van der Waals surface area contributed by atoms with Crippen LogP contribution < -0.4 is 5.32 Å². The van der Waals surface area contributed by atoms with Crippen molar-refractivity contribution in [2.45, 2.75) is 32.6 Å². The van der Waals surface area contributed by atoms with Crippen LogP contribution in [0.15, 0.2) is 36.4 Å². The second-order valence-corrected chi connectivity index (χ2v) is 4.61. The fourth-order valence-corrected chi connectivity index (χ4v) is 1.79. The molecule has 114 valence electrons. The molecule has 1 rings (SSSR count). The third-order valence-corrected chi connectivity index (χ3v) is 2.83. The summed E-state index contributed by atoms with van der Waals surface area (Å²) in [5.74, 6) is -0.261. The molecule has 1 aromatic rings. The molecular weight excluding hydrogens is 266 g/mol. The predicted octanol–water partition coefficient (Wildman–Crippen LogP) is 2.94. The van der Waals surface area contributed by atoms with E-state index in [0.717, 1.165) is 12.0 Å². The Balaban J connectivity index is 2.06. The van der Waals surface area contributed by atoms with Crippen LogP contribution in [0, 0.1) is 0 Å². The Morgan fingerprint density at radius 1 is 1.19 bits per heavy atom. The van der Waals surface area contributed by atoms with Crippen molar-refractivity contribution in [1.29, 1.82) is 0 Å². The quantitative estimate of drug-likeness (QED) is 0.562. The van der Waals surface area contributed by atoms with E-state index in [1.807, 2.05) is 42.5 Å². The van der Waals surface area contributed by atoms with Crippen LogP contribution in [0.1, 0.15) is 38.2 Å². The first kappa shape index (κ1) is 17.0. The summed E-state index contributed by atoms with van der Waals surface area (Å²) in [5.41, 5.74) is 1.15. The Bertz CT molecular complexity index is 454. The van der Waals surface area contributed by atoms with Gasteiger partial charge in [0.2, 0.25) is 5.91 Å². The summed E-state index contributed by atoms with van der Waals surface area (Å²) in [4.78, 5) is 22.6. The molecule has 0 aliphatic rings. The SMILES string of the molecule is CCOC(=O)CCCC(=O)NCCC=Cc1ccccc1. The molecular formula is C17H23NO3. The Morgan fingerprint density at radius 3 is 2.67 bits per heavy atom. The van der Waals surface area contributed by atoms with Gasteiger partial charge in [-0.1, -0.05) is 42.5 Å². The van der Waals surface area contributed by atoms with E-state index in [9.17, 15) is 9.59 Å². The minimum absolute atomic E-state index is 0.0209. The van der Waals surface area contributed by atoms with Crippen molar-refractivity contribution in [3.8, 4) is 0 Å². The van der Waals surface area contributed by atoms with Crippen LogP contribution in [-0.4, -0.2) is 25.0 Å². The van der Waals surface area contributed by atoms with E-state index in [2.05, 4.69) is 5.32 Å². The fourth-order valence-electron chi connectivity index (χ4n) is 1.79. The third kappa shape index (κ3) is 8.63. The lowest BCUT2D eigenvalue weighted by Crippen LogP contribution is -2.23. The molecule has 1 N–H and O–H groups in total. The zero-order chi connectivity index (χ0) is 15.3. The van der Waals surface area contributed by atoms with E-state index in [-0.39, 0.29) is 11.9 Å². The molecule has 0 saturated heterocycles. The Morgan fingerprint density at radius 2 is 1.95 bits per heavy atom. The van der Waals surface area contributed by atoms with Crippen LogP contribution in [0.25, 0.3) is 6.08 Å². The summed E-state index contributed by atoms with van der Waals surface area (Å²) < 4.78 is 4.80. The molecule has 1 aromatic carbocycles. The zero-order valence-corrected chi connectivity index (χ0v) is 12.5. The number of ether oxygens (including phenoxy) is 1. The van der Waals surface area contributed by atoms with Gasteiger partial charge in [0.05, 0.1) is 6.61 Å². The van der Waals surface area contributed by atoms with Crippen molar-refractivity contribution in [3.05, 3.63) is 42.0 Å². The van der Waals surface area contributed by atoms with Crippen molar-refractivity contribution in [3.63, 3.8) is 0 Å². The van der Waals surface area contributed by atoms with Gasteiger partial charge in [0.1, 0.15) is 0 Å². The van der Waals surface area contributed by atoms with Gasteiger partial charge in [0, 0.05) is 19.4 Å². The van der Waals surface area contributed by atoms with Crippen molar-refractivity contribution in [2.75, 3.05) is 13.2 Å². The number of esters is 1. The van der Waals surface area contributed by atoms with Gasteiger partial charge >= 0.3 is 5.97 Å². The molecule has 1 amide bonds. The molecule has 0 saturated carbocycles. The first-order valence-electron chi connectivity index (χ1n) is 7.36. The van der Waals surface area contributed by atoms with Gasteiger partial charge in [-0.2, -0.15) is 0 Å². The molecule has 4 nitrogen and oxygen atoms in total. The monoisotopic (exact) mass is 289 g/mol. The second-order valence-electron chi connectivity index (χ2n) is 4.61. The van der Waals surface area contributed by atoms with E-state index in [1.165, 1.54) is 0 Å². The normalized spacial score (nSPS) is 10.5. The van der Waals surface area contributed by atoms with Crippen LogP contribution in [0.2, 0.25) is 0 Å². The number of carbonyl (C=O) groups excluding carboxylic acids is 2. The van der Waals surface area contributed by atoms with Crippen LogP contribution >= 0.6 is 0 Å². The Kier molecular flexibility index (Phi) is 8.61. The first-order valence-corrected chi connectivity index (χ1v) is 7.36. The Hall–Kier alpha value is -2.10. The number of hydrogen-bond acceptors (Lipinski definition) is 3. The van der Waals surface area contributed by atoms with Crippen LogP contribution in [0.3, 0.4) is 0 Å². The molecule has 4 heteroatoms. The predicted molar refractivity (Wildman–Crippen MR) is 83.6 cm³/mol. The Labute approximate surface area is 126 Å². The van der Waals surface area contributed by atoms with E-state index >= 15 is 0 Å². The van der Waals surface area contributed by atoms with Gasteiger partial charge in [-0.3, -0.25) is 9.59 Å². The van der Waals surface area contributed by atoms with Crippen molar-refractivity contribution >= 4 is 18.0 Å². The number of benzene rings is 1. The third-order valence-electron chi connectivity index (χ3n) is 2.83. The maximum atomic E-state index is 11.5. The molecule has 0 radical (unpaired) electrons. The lowest BCUT2D eigenvalue weighted by molar-refractivity contribution is -0.143. The van der Waals surface area contributed by atoms with Gasteiger partial charge in [-0.05, 0) is 25.3 Å². The summed E-state index contributed by atoms with van der Waals surface area (Å²) >= 11 is 0. The minimum atomic E-state index is -0.240. The molecule has 21 heavy (non-hydrogen) atoms. The van der Waals surface area contributed by atoms with Crippen LogP contribution in [-0.2, 0) is 14.3 Å². The molecule has 0 aliphatic carbocycles. The van der Waals surface area contributed by atoms with Crippen LogP contribution in [0.5, 0.6) is 0 Å². The highest BCUT2D eigenvalue weighted by Gasteiger charge is 2.04. The minimum Gasteiger partial charge on any atom is -0.466 e. The summed E-state index contributed by atoms with van der Waals surface area (Å²) in [6.45, 7) is 2.77. The largest absolute Gasteiger partial charge is 0.466 e. The lowest BCUT2D eigenvalue weighted by Gasteiger charge is -2.03. The molecule has 0 fully saturated rings. The van der Waals surface area contributed by atoms with Crippen molar-refractivity contribution in [1.82, 2.24) is 5.32 Å². The highest BCUT2D eigenvalue weighted by atomic mass is 16.5. The molecule has 0 heterocycles. The summed E-state index contributed by atoms with van der Waals surface area (Å²) in [6, 6.07) is 10.0. The van der Waals surface area contributed by atoms with Gasteiger partial charge < -0.3 is 10.1 Å². The molecule has 0 spiro atoms. The number of hydrogen-bond donors (Lipinski definition) is 1. The molecule has 0 unspecified atom stereocenters. The van der Waals surface area contributed by atoms with E-state index in [4.69, 9.17) is 4.74 Å². The van der Waals surface area contributed by atoms with Gasteiger partial charge in [-0.15, -0.1) is 0 Å². The topological polar surface area (TPSA) is 55.4 Å². The lowest BCUT2D eigenvalue weighted by atomic mass is 10.2. The molecule has 0 aliphatic heterocycles. The smallest absolute Gasteiger partial charge is 0.305 e. The van der Waals surface area contributed by atoms with Gasteiger partial charge in [0.25, 0.3) is 0 Å². The number of nitrogens with one attached hydrogen (secondary N) is 1. The number of amides is 1. The maximum Gasteiger partial charge on any atom is 0.305 e. The first-order chi connectivity index (χ1) is 10.2. The maximum absolute atomic E-state index is 11.5. The highest BCUT2D eigenvalue weighted by Crippen LogP contribution is 2.01. The number of carbonyl (C=O) groups is 2. The standard InChI is InChI=1S/C17H23NO3/c1-2-21-17(20)13-8-12-16(19)18-14-7-6-11-15-9-4-3-5-10-15/h3-6,9-11H,2,7-8,12-14H2,1H3,(H,18,19). The van der Waals surface area contributed by atoms with Gasteiger partial charge in [-0.25, -0.2) is 0 Å². The van der Waals surface area contributed by atoms with Crippen molar-refractivity contribution < 1.29 is 14.3 Å². The molecule has 0 bridgehead atoms. The average molecular weight is 289 g/mol. The van der Waals surface area contributed by atoms with Crippen LogP contribution in [0.4, 0.5) is 0 Å². The average Bonchev–Trinajstić information content (AvgIpc) is 2.48. The van der Waals surface area contributed by atoms with Crippen molar-refractivity contribution in [2.24, 2.45) is 0 Å². The highest BCUT2D eigenvalue weighted by molar-refractivity contribution is 5.77. The second kappa shape index (κ2) is 10.7. The molecule has 0 aromatic heterocycles. The summed E-state index contributed by atoms with van der Waals surface area (Å²) in [5, 5.41) is 2.83. The van der Waals surface area contributed by atoms with E-state index in [0.29, 0.717) is 32.4 Å². The van der Waals surface area contributed by atoms with E-state index < -0.39 is 0 Å². The summed E-state index contributed by atoms with van der Waals surface area (Å²) in [6.07, 6.45) is 6.06. The van der Waals surface area contributed by atoms with E-state index in [1.54, 1.807) is 6.92 Å². The fraction of sp³-hybridized carbons (Fsp3) is 0.412. The van der Waals surface area contributed by atoms with Gasteiger partial charge in [0.15, 0.2) is 0 Å². The summed E-state index contributed by atoms with van der Waals surface area (Å²) in [7, 11) is 0. The number of rotatable bonds is 9. The molecule has 0 atom stereocenters. The zero-order valence-electron chi connectivity index (χ0n) is 12.5.